The molecule has 0 aromatic rings. The lowest BCUT2D eigenvalue weighted by Gasteiger charge is -2.40. The molecule has 1 rings (SSSR count). The van der Waals surface area contributed by atoms with Crippen LogP contribution in [0.25, 0.3) is 0 Å². The molecule has 0 radical (unpaired) electrons. The van der Waals surface area contributed by atoms with Crippen molar-refractivity contribution in [1.82, 2.24) is 4.90 Å². The number of amides is 1. The molecule has 1 atom stereocenters. The van der Waals surface area contributed by atoms with Crippen molar-refractivity contribution in [3.05, 3.63) is 0 Å². The molecule has 0 N–H and O–H groups in total. The first-order chi connectivity index (χ1) is 11.4. The van der Waals surface area contributed by atoms with E-state index >= 15 is 0 Å². The largest absolute Gasteiger partial charge is 0.467 e. The summed E-state index contributed by atoms with van der Waals surface area (Å²) in [5.41, 5.74) is -1.90. The highest BCUT2D eigenvalue weighted by Gasteiger charge is 2.47. The maximum Gasteiger partial charge on any atom is 0.410 e. The van der Waals surface area contributed by atoms with Gasteiger partial charge in [-0.2, -0.15) is 0 Å². The number of carbonyl (C=O) groups excluding carboxylic acids is 2. The number of hydrogen-bond acceptors (Lipinski definition) is 6. The SMILES string of the molecule is COC(=O)C1(COCC[Si](C)(C)C)CN(C(=O)OC(C)(C)C)CCO1. The van der Waals surface area contributed by atoms with E-state index in [-0.39, 0.29) is 19.8 Å². The lowest BCUT2D eigenvalue weighted by atomic mass is 10.0. The van der Waals surface area contributed by atoms with Crippen LogP contribution >= 0.6 is 0 Å². The van der Waals surface area contributed by atoms with Gasteiger partial charge in [0.15, 0.2) is 0 Å². The van der Waals surface area contributed by atoms with E-state index < -0.39 is 31.3 Å². The quantitative estimate of drug-likeness (QED) is 0.403. The van der Waals surface area contributed by atoms with Gasteiger partial charge in [0.25, 0.3) is 0 Å². The zero-order chi connectivity index (χ0) is 19.3. The van der Waals surface area contributed by atoms with E-state index in [0.717, 1.165) is 6.04 Å². The average molecular weight is 376 g/mol. The summed E-state index contributed by atoms with van der Waals surface area (Å²) < 4.78 is 21.8. The molecule has 1 aliphatic rings. The van der Waals surface area contributed by atoms with Gasteiger partial charge in [-0.15, -0.1) is 0 Å². The third-order valence-corrected chi connectivity index (χ3v) is 5.43. The normalized spacial score (nSPS) is 21.8. The molecule has 25 heavy (non-hydrogen) atoms. The zero-order valence-electron chi connectivity index (χ0n) is 16.6. The van der Waals surface area contributed by atoms with Crippen molar-refractivity contribution in [2.45, 2.75) is 57.7 Å². The average Bonchev–Trinajstić information content (AvgIpc) is 2.48. The molecule has 1 amide bonds. The minimum absolute atomic E-state index is 0.0571. The molecule has 8 heteroatoms. The Morgan fingerprint density at radius 3 is 2.40 bits per heavy atom. The standard InChI is InChI=1S/C17H33NO6Si/c1-16(2,3)24-15(20)18-8-9-23-17(12-18,14(19)21-4)13-22-10-11-25(5,6)7/h8-13H2,1-7H3. The summed E-state index contributed by atoms with van der Waals surface area (Å²) in [6.45, 7) is 13.5. The molecular formula is C17H33NO6Si. The van der Waals surface area contributed by atoms with Crippen LogP contribution in [0.3, 0.4) is 0 Å². The Bertz CT molecular complexity index is 471. The topological polar surface area (TPSA) is 74.3 Å². The Morgan fingerprint density at radius 2 is 1.88 bits per heavy atom. The van der Waals surface area contributed by atoms with Crippen molar-refractivity contribution in [3.63, 3.8) is 0 Å². The van der Waals surface area contributed by atoms with Crippen molar-refractivity contribution in [3.8, 4) is 0 Å². The fraction of sp³-hybridized carbons (Fsp3) is 0.882. The van der Waals surface area contributed by atoms with E-state index in [4.69, 9.17) is 18.9 Å². The monoisotopic (exact) mass is 375 g/mol. The van der Waals surface area contributed by atoms with Crippen LogP contribution in [0.2, 0.25) is 25.7 Å². The predicted molar refractivity (Wildman–Crippen MR) is 97.5 cm³/mol. The van der Waals surface area contributed by atoms with E-state index in [1.165, 1.54) is 12.0 Å². The van der Waals surface area contributed by atoms with E-state index in [1.807, 2.05) is 0 Å². The molecule has 1 saturated heterocycles. The molecule has 1 heterocycles. The fourth-order valence-electron chi connectivity index (χ4n) is 2.34. The number of methoxy groups -OCH3 is 1. The van der Waals surface area contributed by atoms with Crippen LogP contribution in [0, 0.1) is 0 Å². The second-order valence-corrected chi connectivity index (χ2v) is 14.2. The van der Waals surface area contributed by atoms with Crippen LogP contribution in [0.4, 0.5) is 4.79 Å². The first-order valence-corrected chi connectivity index (χ1v) is 12.4. The van der Waals surface area contributed by atoms with Gasteiger partial charge in [-0.3, -0.25) is 0 Å². The summed E-state index contributed by atoms with van der Waals surface area (Å²) >= 11 is 0. The third-order valence-electron chi connectivity index (χ3n) is 3.73. The van der Waals surface area contributed by atoms with Crippen molar-refractivity contribution in [2.75, 3.05) is 40.0 Å². The molecule has 1 unspecified atom stereocenters. The van der Waals surface area contributed by atoms with E-state index in [9.17, 15) is 9.59 Å². The van der Waals surface area contributed by atoms with Gasteiger partial charge < -0.3 is 23.8 Å². The molecule has 0 aromatic heterocycles. The fourth-order valence-corrected chi connectivity index (χ4v) is 3.09. The molecule has 0 spiro atoms. The highest BCUT2D eigenvalue weighted by atomic mass is 28.3. The van der Waals surface area contributed by atoms with Gasteiger partial charge in [0, 0.05) is 21.2 Å². The van der Waals surface area contributed by atoms with Crippen molar-refractivity contribution < 1.29 is 28.5 Å². The number of ether oxygens (including phenoxy) is 4. The maximum absolute atomic E-state index is 12.3. The number of rotatable bonds is 6. The van der Waals surface area contributed by atoms with Gasteiger partial charge in [0.05, 0.1) is 26.9 Å². The summed E-state index contributed by atoms with van der Waals surface area (Å²) in [7, 11) is 0.0790. The first-order valence-electron chi connectivity index (χ1n) is 8.67. The molecule has 0 aliphatic carbocycles. The Hall–Kier alpha value is -1.12. The maximum atomic E-state index is 12.3. The van der Waals surface area contributed by atoms with Crippen molar-refractivity contribution in [2.24, 2.45) is 0 Å². The van der Waals surface area contributed by atoms with E-state index in [0.29, 0.717) is 13.2 Å². The highest BCUT2D eigenvalue weighted by Crippen LogP contribution is 2.23. The number of carbonyl (C=O) groups is 2. The van der Waals surface area contributed by atoms with Crippen LogP contribution in [0.5, 0.6) is 0 Å². The number of nitrogens with zero attached hydrogens (tertiary/aromatic N) is 1. The van der Waals surface area contributed by atoms with Crippen LogP contribution in [0.15, 0.2) is 0 Å². The molecule has 7 nitrogen and oxygen atoms in total. The van der Waals surface area contributed by atoms with Crippen LogP contribution in [-0.2, 0) is 23.7 Å². The van der Waals surface area contributed by atoms with E-state index in [1.54, 1.807) is 20.8 Å². The first kappa shape index (κ1) is 21.9. The number of esters is 1. The minimum Gasteiger partial charge on any atom is -0.467 e. The molecule has 0 bridgehead atoms. The number of hydrogen-bond donors (Lipinski definition) is 0. The van der Waals surface area contributed by atoms with Gasteiger partial charge in [-0.1, -0.05) is 19.6 Å². The van der Waals surface area contributed by atoms with Crippen molar-refractivity contribution in [1.29, 1.82) is 0 Å². The Kier molecular flexibility index (Phi) is 7.46. The third kappa shape index (κ3) is 7.33. The van der Waals surface area contributed by atoms with Gasteiger partial charge in [0.2, 0.25) is 5.60 Å². The Labute approximate surface area is 151 Å². The van der Waals surface area contributed by atoms with Gasteiger partial charge >= 0.3 is 12.1 Å². The molecule has 0 aromatic carbocycles. The Morgan fingerprint density at radius 1 is 1.24 bits per heavy atom. The summed E-state index contributed by atoms with van der Waals surface area (Å²) in [4.78, 5) is 26.2. The van der Waals surface area contributed by atoms with Crippen LogP contribution in [0.1, 0.15) is 20.8 Å². The smallest absolute Gasteiger partial charge is 0.410 e. The summed E-state index contributed by atoms with van der Waals surface area (Å²) in [6, 6.07) is 0.986. The summed E-state index contributed by atoms with van der Waals surface area (Å²) in [6.07, 6.45) is -0.467. The lowest BCUT2D eigenvalue weighted by Crippen LogP contribution is -2.61. The summed E-state index contributed by atoms with van der Waals surface area (Å²) in [5.74, 6) is -0.534. The Balaban J connectivity index is 2.76. The van der Waals surface area contributed by atoms with Crippen LogP contribution < -0.4 is 0 Å². The summed E-state index contributed by atoms with van der Waals surface area (Å²) in [5, 5.41) is 0. The molecule has 1 fully saturated rings. The van der Waals surface area contributed by atoms with Gasteiger partial charge in [0.1, 0.15) is 5.60 Å². The molecular weight excluding hydrogens is 342 g/mol. The number of morpholine rings is 1. The van der Waals surface area contributed by atoms with Gasteiger partial charge in [-0.05, 0) is 26.8 Å². The van der Waals surface area contributed by atoms with Crippen molar-refractivity contribution >= 4 is 20.1 Å². The molecule has 146 valence electrons. The lowest BCUT2D eigenvalue weighted by molar-refractivity contribution is -0.190. The molecule has 0 saturated carbocycles. The second-order valence-electron chi connectivity index (χ2n) is 8.60. The zero-order valence-corrected chi connectivity index (χ0v) is 17.6. The minimum atomic E-state index is -1.30. The highest BCUT2D eigenvalue weighted by molar-refractivity contribution is 6.76. The van der Waals surface area contributed by atoms with Crippen LogP contribution in [-0.4, -0.2) is 76.3 Å². The molecule has 1 aliphatic heterocycles. The second kappa shape index (κ2) is 8.51. The predicted octanol–water partition coefficient (Wildman–Crippen LogP) is 2.52. The van der Waals surface area contributed by atoms with Gasteiger partial charge in [-0.25, -0.2) is 9.59 Å². The van der Waals surface area contributed by atoms with E-state index in [2.05, 4.69) is 19.6 Å².